The Hall–Kier alpha value is -0.730. The van der Waals surface area contributed by atoms with Gasteiger partial charge in [0.15, 0.2) is 0 Å². The lowest BCUT2D eigenvalue weighted by molar-refractivity contribution is 0.342. The first kappa shape index (κ1) is 12.7. The zero-order valence-electron chi connectivity index (χ0n) is 10.1. The third-order valence-corrected chi connectivity index (χ3v) is 3.80. The molecule has 2 nitrogen and oxygen atoms in total. The molecule has 1 aromatic rings. The van der Waals surface area contributed by atoms with Gasteiger partial charge in [0, 0.05) is 6.54 Å². The SMILES string of the molecule is Oc1ccc(CNCC2CCCCC2)cc1Cl. The molecule has 2 rings (SSSR count). The number of phenols is 1. The molecular formula is C14H20ClNO. The third-order valence-electron chi connectivity index (χ3n) is 3.50. The fourth-order valence-electron chi connectivity index (χ4n) is 2.47. The fourth-order valence-corrected chi connectivity index (χ4v) is 2.68. The Kier molecular flexibility index (Phi) is 4.69. The highest BCUT2D eigenvalue weighted by atomic mass is 35.5. The molecule has 0 heterocycles. The van der Waals surface area contributed by atoms with Gasteiger partial charge in [0.25, 0.3) is 0 Å². The summed E-state index contributed by atoms with van der Waals surface area (Å²) in [6.07, 6.45) is 6.91. The van der Waals surface area contributed by atoms with Gasteiger partial charge in [0.2, 0.25) is 0 Å². The second-order valence-electron chi connectivity index (χ2n) is 4.92. The summed E-state index contributed by atoms with van der Waals surface area (Å²) < 4.78 is 0. The largest absolute Gasteiger partial charge is 0.506 e. The maximum atomic E-state index is 9.32. The molecule has 94 valence electrons. The maximum Gasteiger partial charge on any atom is 0.134 e. The van der Waals surface area contributed by atoms with Crippen LogP contribution in [0.4, 0.5) is 0 Å². The lowest BCUT2D eigenvalue weighted by Crippen LogP contribution is -2.24. The van der Waals surface area contributed by atoms with Crippen molar-refractivity contribution in [2.75, 3.05) is 6.54 Å². The second kappa shape index (κ2) is 6.27. The molecule has 0 amide bonds. The van der Waals surface area contributed by atoms with Crippen molar-refractivity contribution in [1.29, 1.82) is 0 Å². The van der Waals surface area contributed by atoms with Crippen molar-refractivity contribution in [3.63, 3.8) is 0 Å². The topological polar surface area (TPSA) is 32.3 Å². The fraction of sp³-hybridized carbons (Fsp3) is 0.571. The summed E-state index contributed by atoms with van der Waals surface area (Å²) >= 11 is 5.86. The molecule has 0 bridgehead atoms. The molecule has 1 fully saturated rings. The number of hydrogen-bond acceptors (Lipinski definition) is 2. The van der Waals surface area contributed by atoms with Crippen molar-refractivity contribution >= 4 is 11.6 Å². The van der Waals surface area contributed by atoms with Crippen LogP contribution in [0.25, 0.3) is 0 Å². The molecule has 0 radical (unpaired) electrons. The summed E-state index contributed by atoms with van der Waals surface area (Å²) in [5.41, 5.74) is 1.13. The van der Waals surface area contributed by atoms with E-state index < -0.39 is 0 Å². The molecule has 2 N–H and O–H groups in total. The molecule has 1 aliphatic rings. The van der Waals surface area contributed by atoms with Crippen molar-refractivity contribution in [2.45, 2.75) is 38.6 Å². The Morgan fingerprint density at radius 3 is 2.71 bits per heavy atom. The van der Waals surface area contributed by atoms with Crippen LogP contribution in [-0.4, -0.2) is 11.7 Å². The normalized spacial score (nSPS) is 17.2. The summed E-state index contributed by atoms with van der Waals surface area (Å²) in [6, 6.07) is 5.39. The lowest BCUT2D eigenvalue weighted by atomic mass is 9.89. The van der Waals surface area contributed by atoms with Crippen LogP contribution in [0.15, 0.2) is 18.2 Å². The van der Waals surface area contributed by atoms with Crippen LogP contribution < -0.4 is 5.32 Å². The monoisotopic (exact) mass is 253 g/mol. The van der Waals surface area contributed by atoms with Crippen LogP contribution in [0.1, 0.15) is 37.7 Å². The van der Waals surface area contributed by atoms with E-state index in [-0.39, 0.29) is 5.75 Å². The summed E-state index contributed by atoms with van der Waals surface area (Å²) in [7, 11) is 0. The van der Waals surface area contributed by atoms with Gasteiger partial charge in [-0.3, -0.25) is 0 Å². The van der Waals surface area contributed by atoms with E-state index in [4.69, 9.17) is 11.6 Å². The van der Waals surface area contributed by atoms with E-state index in [1.165, 1.54) is 32.1 Å². The van der Waals surface area contributed by atoms with Gasteiger partial charge in [0.05, 0.1) is 5.02 Å². The quantitative estimate of drug-likeness (QED) is 0.857. The average molecular weight is 254 g/mol. The second-order valence-corrected chi connectivity index (χ2v) is 5.33. The Morgan fingerprint density at radius 1 is 1.24 bits per heavy atom. The molecule has 1 saturated carbocycles. The third kappa shape index (κ3) is 3.90. The van der Waals surface area contributed by atoms with E-state index in [0.717, 1.165) is 24.6 Å². The van der Waals surface area contributed by atoms with Crippen LogP contribution in [0.2, 0.25) is 5.02 Å². The maximum absolute atomic E-state index is 9.32. The summed E-state index contributed by atoms with van der Waals surface area (Å²) in [4.78, 5) is 0. The van der Waals surface area contributed by atoms with Crippen molar-refractivity contribution < 1.29 is 5.11 Å². The Morgan fingerprint density at radius 2 is 2.00 bits per heavy atom. The molecule has 0 saturated heterocycles. The number of hydrogen-bond donors (Lipinski definition) is 2. The molecular weight excluding hydrogens is 234 g/mol. The van der Waals surface area contributed by atoms with Gasteiger partial charge >= 0.3 is 0 Å². The smallest absolute Gasteiger partial charge is 0.134 e. The van der Waals surface area contributed by atoms with Gasteiger partial charge in [-0.05, 0) is 43.0 Å². The van der Waals surface area contributed by atoms with Crippen molar-refractivity contribution in [3.8, 4) is 5.75 Å². The molecule has 0 atom stereocenters. The molecule has 0 unspecified atom stereocenters. The van der Waals surface area contributed by atoms with Crippen LogP contribution >= 0.6 is 11.6 Å². The number of rotatable bonds is 4. The Bertz CT molecular complexity index is 361. The van der Waals surface area contributed by atoms with Crippen LogP contribution in [0, 0.1) is 5.92 Å². The van der Waals surface area contributed by atoms with E-state index in [1.807, 2.05) is 12.1 Å². The molecule has 0 aromatic heterocycles. The van der Waals surface area contributed by atoms with Crippen molar-refractivity contribution in [3.05, 3.63) is 28.8 Å². The molecule has 0 aliphatic heterocycles. The zero-order valence-corrected chi connectivity index (χ0v) is 10.8. The molecule has 0 spiro atoms. The lowest BCUT2D eigenvalue weighted by Gasteiger charge is -2.21. The van der Waals surface area contributed by atoms with Gasteiger partial charge in [-0.25, -0.2) is 0 Å². The van der Waals surface area contributed by atoms with Gasteiger partial charge in [-0.2, -0.15) is 0 Å². The van der Waals surface area contributed by atoms with Crippen LogP contribution in [0.5, 0.6) is 5.75 Å². The van der Waals surface area contributed by atoms with Gasteiger partial charge in [-0.15, -0.1) is 0 Å². The van der Waals surface area contributed by atoms with E-state index in [2.05, 4.69) is 5.32 Å². The standard InChI is InChI=1S/C14H20ClNO/c15-13-8-12(6-7-14(13)17)10-16-9-11-4-2-1-3-5-11/h6-8,11,16-17H,1-5,9-10H2. The molecule has 1 aliphatic carbocycles. The average Bonchev–Trinajstić information content (AvgIpc) is 2.35. The number of halogens is 1. The van der Waals surface area contributed by atoms with E-state index in [0.29, 0.717) is 5.02 Å². The van der Waals surface area contributed by atoms with Crippen LogP contribution in [-0.2, 0) is 6.54 Å². The number of phenolic OH excluding ortho intramolecular Hbond substituents is 1. The van der Waals surface area contributed by atoms with Crippen molar-refractivity contribution in [1.82, 2.24) is 5.32 Å². The predicted molar refractivity (Wildman–Crippen MR) is 71.4 cm³/mol. The highest BCUT2D eigenvalue weighted by Crippen LogP contribution is 2.24. The van der Waals surface area contributed by atoms with Crippen LogP contribution in [0.3, 0.4) is 0 Å². The van der Waals surface area contributed by atoms with Crippen molar-refractivity contribution in [2.24, 2.45) is 5.92 Å². The highest BCUT2D eigenvalue weighted by Gasteiger charge is 2.12. The Labute approximate surface area is 108 Å². The van der Waals surface area contributed by atoms with E-state index in [9.17, 15) is 5.11 Å². The van der Waals surface area contributed by atoms with Gasteiger partial charge in [-0.1, -0.05) is 36.9 Å². The predicted octanol–water partition coefficient (Wildman–Crippen LogP) is 3.72. The Balaban J connectivity index is 1.75. The summed E-state index contributed by atoms with van der Waals surface area (Å²) in [5.74, 6) is 0.999. The summed E-state index contributed by atoms with van der Waals surface area (Å²) in [5, 5.41) is 13.2. The molecule has 3 heteroatoms. The van der Waals surface area contributed by atoms with Gasteiger partial charge < -0.3 is 10.4 Å². The molecule has 17 heavy (non-hydrogen) atoms. The number of aromatic hydroxyl groups is 1. The summed E-state index contributed by atoms with van der Waals surface area (Å²) in [6.45, 7) is 1.93. The van der Waals surface area contributed by atoms with E-state index in [1.54, 1.807) is 6.07 Å². The van der Waals surface area contributed by atoms with Gasteiger partial charge in [0.1, 0.15) is 5.75 Å². The zero-order chi connectivity index (χ0) is 12.1. The highest BCUT2D eigenvalue weighted by molar-refractivity contribution is 6.32. The first-order valence-corrected chi connectivity index (χ1v) is 6.81. The first-order chi connectivity index (χ1) is 8.25. The minimum Gasteiger partial charge on any atom is -0.506 e. The minimum atomic E-state index is 0.155. The number of nitrogens with one attached hydrogen (secondary N) is 1. The minimum absolute atomic E-state index is 0.155. The van der Waals surface area contributed by atoms with E-state index >= 15 is 0 Å². The first-order valence-electron chi connectivity index (χ1n) is 6.44. The molecule has 1 aromatic carbocycles. The number of benzene rings is 1.